The minimum absolute atomic E-state index is 0.226. The molecule has 1 amide bonds. The molecular formula is C18H15N3O2. The number of benzene rings is 2. The van der Waals surface area contributed by atoms with Crippen LogP contribution in [-0.4, -0.2) is 10.9 Å². The second kappa shape index (κ2) is 6.62. The molecule has 0 fully saturated rings. The number of nitrogens with one attached hydrogen (secondary N) is 1. The van der Waals surface area contributed by atoms with Crippen LogP contribution in [0.4, 0.5) is 11.4 Å². The first-order valence-electron chi connectivity index (χ1n) is 7.05. The maximum Gasteiger partial charge on any atom is 0.255 e. The van der Waals surface area contributed by atoms with E-state index >= 15 is 0 Å². The molecule has 0 aliphatic heterocycles. The zero-order valence-electron chi connectivity index (χ0n) is 12.3. The fourth-order valence-electron chi connectivity index (χ4n) is 2.06. The molecule has 3 aromatic rings. The smallest absolute Gasteiger partial charge is 0.255 e. The number of ether oxygens (including phenoxy) is 1. The van der Waals surface area contributed by atoms with Gasteiger partial charge in [0.2, 0.25) is 0 Å². The molecule has 0 spiro atoms. The first kappa shape index (κ1) is 14.6. The van der Waals surface area contributed by atoms with Crippen LogP contribution < -0.4 is 15.8 Å². The van der Waals surface area contributed by atoms with E-state index in [1.807, 2.05) is 12.1 Å². The van der Waals surface area contributed by atoms with Crippen LogP contribution in [0.15, 0.2) is 73.1 Å². The third kappa shape index (κ3) is 3.85. The quantitative estimate of drug-likeness (QED) is 0.720. The van der Waals surface area contributed by atoms with Crippen molar-refractivity contribution in [3.05, 3.63) is 78.6 Å². The highest BCUT2D eigenvalue weighted by Crippen LogP contribution is 2.23. The van der Waals surface area contributed by atoms with Gasteiger partial charge in [0.1, 0.15) is 11.5 Å². The molecule has 0 bridgehead atoms. The second-order valence-corrected chi connectivity index (χ2v) is 4.90. The summed E-state index contributed by atoms with van der Waals surface area (Å²) in [6.45, 7) is 0. The molecule has 0 aliphatic rings. The van der Waals surface area contributed by atoms with Crippen LogP contribution in [0.25, 0.3) is 0 Å². The van der Waals surface area contributed by atoms with Crippen molar-refractivity contribution in [3.8, 4) is 11.5 Å². The molecular weight excluding hydrogens is 290 g/mol. The standard InChI is InChI=1S/C18H15N3O2/c19-14-5-1-4-13(10-14)18(22)21-15-6-2-7-16(11-15)23-17-8-3-9-20-12-17/h1-12H,19H2,(H,21,22). The van der Waals surface area contributed by atoms with Gasteiger partial charge in [-0.25, -0.2) is 0 Å². The minimum Gasteiger partial charge on any atom is -0.456 e. The van der Waals surface area contributed by atoms with Gasteiger partial charge in [-0.2, -0.15) is 0 Å². The highest BCUT2D eigenvalue weighted by Gasteiger charge is 2.07. The predicted octanol–water partition coefficient (Wildman–Crippen LogP) is 3.71. The van der Waals surface area contributed by atoms with Crippen molar-refractivity contribution in [1.82, 2.24) is 4.98 Å². The number of hydrogen-bond donors (Lipinski definition) is 2. The molecule has 0 aliphatic carbocycles. The number of rotatable bonds is 4. The number of nitrogens with zero attached hydrogens (tertiary/aromatic N) is 1. The fourth-order valence-corrected chi connectivity index (χ4v) is 2.06. The molecule has 5 heteroatoms. The maximum absolute atomic E-state index is 12.2. The van der Waals surface area contributed by atoms with Gasteiger partial charge in [0, 0.05) is 29.2 Å². The number of aromatic nitrogens is 1. The number of carbonyl (C=O) groups excluding carboxylic acids is 1. The van der Waals surface area contributed by atoms with Crippen molar-refractivity contribution in [1.29, 1.82) is 0 Å². The topological polar surface area (TPSA) is 77.2 Å². The van der Waals surface area contributed by atoms with Crippen LogP contribution in [0.2, 0.25) is 0 Å². The largest absolute Gasteiger partial charge is 0.456 e. The van der Waals surface area contributed by atoms with Crippen molar-refractivity contribution in [2.24, 2.45) is 0 Å². The van der Waals surface area contributed by atoms with Crippen LogP contribution in [0.3, 0.4) is 0 Å². The molecule has 0 saturated heterocycles. The van der Waals surface area contributed by atoms with E-state index in [1.165, 1.54) is 0 Å². The van der Waals surface area contributed by atoms with E-state index in [2.05, 4.69) is 10.3 Å². The third-order valence-corrected chi connectivity index (χ3v) is 3.11. The van der Waals surface area contributed by atoms with E-state index in [9.17, 15) is 4.79 Å². The van der Waals surface area contributed by atoms with Gasteiger partial charge in [-0.05, 0) is 42.5 Å². The number of nitrogen functional groups attached to an aromatic ring is 1. The van der Waals surface area contributed by atoms with Gasteiger partial charge < -0.3 is 15.8 Å². The van der Waals surface area contributed by atoms with E-state index in [-0.39, 0.29) is 5.91 Å². The Bertz CT molecular complexity index is 819. The summed E-state index contributed by atoms with van der Waals surface area (Å²) in [5.74, 6) is 1.02. The Balaban J connectivity index is 1.74. The van der Waals surface area contributed by atoms with Crippen molar-refractivity contribution in [3.63, 3.8) is 0 Å². The first-order valence-corrected chi connectivity index (χ1v) is 7.05. The molecule has 3 rings (SSSR count). The van der Waals surface area contributed by atoms with Crippen molar-refractivity contribution in [2.45, 2.75) is 0 Å². The Morgan fingerprint density at radius 1 is 1.00 bits per heavy atom. The van der Waals surface area contributed by atoms with E-state index in [0.717, 1.165) is 0 Å². The normalized spacial score (nSPS) is 10.1. The molecule has 2 aromatic carbocycles. The summed E-state index contributed by atoms with van der Waals surface area (Å²) in [5, 5.41) is 2.82. The molecule has 0 saturated carbocycles. The Morgan fingerprint density at radius 2 is 1.83 bits per heavy atom. The van der Waals surface area contributed by atoms with Gasteiger partial charge in [0.15, 0.2) is 0 Å². The number of anilines is 2. The van der Waals surface area contributed by atoms with Gasteiger partial charge in [0.25, 0.3) is 5.91 Å². The average molecular weight is 305 g/mol. The van der Waals surface area contributed by atoms with Gasteiger partial charge in [0.05, 0.1) is 6.20 Å². The van der Waals surface area contributed by atoms with Gasteiger partial charge in [-0.3, -0.25) is 9.78 Å². The molecule has 23 heavy (non-hydrogen) atoms. The molecule has 1 aromatic heterocycles. The van der Waals surface area contributed by atoms with E-state index in [1.54, 1.807) is 60.9 Å². The number of pyridine rings is 1. The zero-order chi connectivity index (χ0) is 16.1. The number of amides is 1. The highest BCUT2D eigenvalue weighted by molar-refractivity contribution is 6.04. The first-order chi connectivity index (χ1) is 11.2. The van der Waals surface area contributed by atoms with Gasteiger partial charge >= 0.3 is 0 Å². The second-order valence-electron chi connectivity index (χ2n) is 4.90. The zero-order valence-corrected chi connectivity index (χ0v) is 12.3. The fraction of sp³-hybridized carbons (Fsp3) is 0. The SMILES string of the molecule is Nc1cccc(C(=O)Nc2cccc(Oc3cccnc3)c2)c1. The van der Waals surface area contributed by atoms with E-state index in [4.69, 9.17) is 10.5 Å². The molecule has 114 valence electrons. The number of carbonyl (C=O) groups is 1. The third-order valence-electron chi connectivity index (χ3n) is 3.11. The molecule has 5 nitrogen and oxygen atoms in total. The summed E-state index contributed by atoms with van der Waals surface area (Å²) in [4.78, 5) is 16.2. The highest BCUT2D eigenvalue weighted by atomic mass is 16.5. The van der Waals surface area contributed by atoms with Crippen molar-refractivity contribution in [2.75, 3.05) is 11.1 Å². The van der Waals surface area contributed by atoms with Crippen molar-refractivity contribution >= 4 is 17.3 Å². The summed E-state index contributed by atoms with van der Waals surface area (Å²) in [6, 6.07) is 17.6. The summed E-state index contributed by atoms with van der Waals surface area (Å²) in [7, 11) is 0. The molecule has 0 unspecified atom stereocenters. The molecule has 0 radical (unpaired) electrons. The van der Waals surface area contributed by atoms with E-state index in [0.29, 0.717) is 28.4 Å². The Labute approximate surface area is 133 Å². The number of nitrogens with two attached hydrogens (primary N) is 1. The lowest BCUT2D eigenvalue weighted by Crippen LogP contribution is -2.12. The Kier molecular flexibility index (Phi) is 4.20. The van der Waals surface area contributed by atoms with E-state index < -0.39 is 0 Å². The molecule has 3 N–H and O–H groups in total. The van der Waals surface area contributed by atoms with Gasteiger partial charge in [-0.1, -0.05) is 12.1 Å². The number of hydrogen-bond acceptors (Lipinski definition) is 4. The maximum atomic E-state index is 12.2. The predicted molar refractivity (Wildman–Crippen MR) is 89.6 cm³/mol. The summed E-state index contributed by atoms with van der Waals surface area (Å²) in [6.07, 6.45) is 3.30. The van der Waals surface area contributed by atoms with Crippen LogP contribution in [0.5, 0.6) is 11.5 Å². The van der Waals surface area contributed by atoms with Gasteiger partial charge in [-0.15, -0.1) is 0 Å². The van der Waals surface area contributed by atoms with Crippen LogP contribution in [0.1, 0.15) is 10.4 Å². The monoisotopic (exact) mass is 305 g/mol. The molecule has 1 heterocycles. The lowest BCUT2D eigenvalue weighted by molar-refractivity contribution is 0.102. The lowest BCUT2D eigenvalue weighted by atomic mass is 10.2. The Morgan fingerprint density at radius 3 is 2.61 bits per heavy atom. The summed E-state index contributed by atoms with van der Waals surface area (Å²) < 4.78 is 5.69. The van der Waals surface area contributed by atoms with Crippen LogP contribution >= 0.6 is 0 Å². The average Bonchev–Trinajstić information content (AvgIpc) is 2.56. The summed E-state index contributed by atoms with van der Waals surface area (Å²) >= 11 is 0. The van der Waals surface area contributed by atoms with Crippen LogP contribution in [0, 0.1) is 0 Å². The van der Waals surface area contributed by atoms with Crippen molar-refractivity contribution < 1.29 is 9.53 Å². The Hall–Kier alpha value is -3.34. The molecule has 0 atom stereocenters. The van der Waals surface area contributed by atoms with Crippen LogP contribution in [-0.2, 0) is 0 Å². The summed E-state index contributed by atoms with van der Waals surface area (Å²) in [5.41, 5.74) is 7.38. The minimum atomic E-state index is -0.226. The lowest BCUT2D eigenvalue weighted by Gasteiger charge is -2.09.